The van der Waals surface area contributed by atoms with Crippen LogP contribution in [0.25, 0.3) is 0 Å². The number of nitrogens with zero attached hydrogens (tertiary/aromatic N) is 1. The molecule has 2 rings (SSSR count). The predicted molar refractivity (Wildman–Crippen MR) is 70.5 cm³/mol. The van der Waals surface area contributed by atoms with E-state index in [1.54, 1.807) is 0 Å². The Hall–Kier alpha value is -1.35. The van der Waals surface area contributed by atoms with Gasteiger partial charge < -0.3 is 4.84 Å². The fourth-order valence-corrected chi connectivity index (χ4v) is 2.39. The molecule has 3 heteroatoms. The molecule has 0 aromatic heterocycles. The number of carbonyl (C=O) groups excluding carboxylic acids is 1. The third-order valence-electron chi connectivity index (χ3n) is 3.42. The highest BCUT2D eigenvalue weighted by atomic mass is 16.7. The van der Waals surface area contributed by atoms with E-state index in [-0.39, 0.29) is 17.9 Å². The Labute approximate surface area is 109 Å². The lowest BCUT2D eigenvalue weighted by atomic mass is 9.94. The number of benzene rings is 1. The Balaban J connectivity index is 2.08. The zero-order chi connectivity index (χ0) is 13.1. The highest BCUT2D eigenvalue weighted by Gasteiger charge is 2.40. The molecule has 0 unspecified atom stereocenters. The molecular weight excluding hydrogens is 226 g/mol. The van der Waals surface area contributed by atoms with Crippen LogP contribution in [0.2, 0.25) is 0 Å². The summed E-state index contributed by atoms with van der Waals surface area (Å²) in [5.74, 6) is 0.429. The molecule has 0 spiro atoms. The molecule has 98 valence electrons. The van der Waals surface area contributed by atoms with Crippen LogP contribution in [0, 0.1) is 11.8 Å². The second-order valence-corrected chi connectivity index (χ2v) is 5.46. The summed E-state index contributed by atoms with van der Waals surface area (Å²) in [6.07, 6.45) is 0.986. The van der Waals surface area contributed by atoms with Crippen LogP contribution in [-0.4, -0.2) is 17.1 Å². The van der Waals surface area contributed by atoms with Gasteiger partial charge in [-0.3, -0.25) is 0 Å². The molecular formula is C15H21NO2. The molecule has 1 aromatic carbocycles. The number of rotatable bonds is 4. The average molecular weight is 247 g/mol. The number of hydrogen-bond donors (Lipinski definition) is 0. The lowest BCUT2D eigenvalue weighted by Gasteiger charge is -2.24. The molecule has 0 N–H and O–H groups in total. The summed E-state index contributed by atoms with van der Waals surface area (Å²) in [4.78, 5) is 17.1. The second-order valence-electron chi connectivity index (χ2n) is 5.46. The molecule has 2 atom stereocenters. The standard InChI is InChI=1S/C15H21NO2/c1-11(2)9-14-12(3)15(17)18-16(14)10-13-7-5-4-6-8-13/h4-8,11-12,14H,9-10H2,1-3H3/t12-,14-/m0/s1. The third-order valence-corrected chi connectivity index (χ3v) is 3.42. The largest absolute Gasteiger partial charge is 0.367 e. The molecule has 1 heterocycles. The van der Waals surface area contributed by atoms with Crippen LogP contribution in [0.4, 0.5) is 0 Å². The van der Waals surface area contributed by atoms with Gasteiger partial charge in [0.2, 0.25) is 0 Å². The third kappa shape index (κ3) is 2.91. The van der Waals surface area contributed by atoms with Gasteiger partial charge in [-0.05, 0) is 17.9 Å². The quantitative estimate of drug-likeness (QED) is 0.819. The van der Waals surface area contributed by atoms with Crippen molar-refractivity contribution >= 4 is 5.97 Å². The number of hydrogen-bond acceptors (Lipinski definition) is 3. The Bertz CT molecular complexity index is 402. The van der Waals surface area contributed by atoms with E-state index in [1.807, 2.05) is 30.2 Å². The normalized spacial score (nSPS) is 24.6. The van der Waals surface area contributed by atoms with Gasteiger partial charge in [0.25, 0.3) is 0 Å². The summed E-state index contributed by atoms with van der Waals surface area (Å²) >= 11 is 0. The molecule has 18 heavy (non-hydrogen) atoms. The smallest absolute Gasteiger partial charge is 0.329 e. The molecule has 0 aliphatic carbocycles. The van der Waals surface area contributed by atoms with E-state index >= 15 is 0 Å². The Morgan fingerprint density at radius 2 is 1.94 bits per heavy atom. The van der Waals surface area contributed by atoms with E-state index in [2.05, 4.69) is 26.0 Å². The Kier molecular flexibility index (Phi) is 4.02. The SMILES string of the molecule is CC(C)C[C@H]1[C@H](C)C(=O)ON1Cc1ccccc1. The van der Waals surface area contributed by atoms with E-state index < -0.39 is 0 Å². The van der Waals surface area contributed by atoms with Crippen molar-refractivity contribution in [2.45, 2.75) is 39.8 Å². The van der Waals surface area contributed by atoms with E-state index in [9.17, 15) is 4.79 Å². The van der Waals surface area contributed by atoms with Crippen molar-refractivity contribution < 1.29 is 9.63 Å². The van der Waals surface area contributed by atoms with Gasteiger partial charge in [-0.15, -0.1) is 5.06 Å². The molecule has 1 aromatic rings. The molecule has 0 saturated carbocycles. The minimum absolute atomic E-state index is 0.0314. The topological polar surface area (TPSA) is 29.5 Å². The van der Waals surface area contributed by atoms with Crippen molar-refractivity contribution in [3.8, 4) is 0 Å². The monoisotopic (exact) mass is 247 g/mol. The van der Waals surface area contributed by atoms with Crippen molar-refractivity contribution in [1.29, 1.82) is 0 Å². The Morgan fingerprint density at radius 1 is 1.28 bits per heavy atom. The van der Waals surface area contributed by atoms with Crippen LogP contribution < -0.4 is 0 Å². The molecule has 0 radical (unpaired) electrons. The molecule has 1 aliphatic heterocycles. The van der Waals surface area contributed by atoms with Crippen molar-refractivity contribution in [1.82, 2.24) is 5.06 Å². The zero-order valence-corrected chi connectivity index (χ0v) is 11.3. The fraction of sp³-hybridized carbons (Fsp3) is 0.533. The molecule has 1 aliphatic rings. The Morgan fingerprint density at radius 3 is 2.56 bits per heavy atom. The summed E-state index contributed by atoms with van der Waals surface area (Å²) in [5, 5.41) is 1.85. The van der Waals surface area contributed by atoms with E-state index in [4.69, 9.17) is 4.84 Å². The minimum Gasteiger partial charge on any atom is -0.367 e. The first-order valence-corrected chi connectivity index (χ1v) is 6.60. The van der Waals surface area contributed by atoms with Gasteiger partial charge in [0.15, 0.2) is 0 Å². The maximum atomic E-state index is 11.7. The van der Waals surface area contributed by atoms with Gasteiger partial charge in [-0.25, -0.2) is 4.79 Å². The maximum absolute atomic E-state index is 11.7. The van der Waals surface area contributed by atoms with Crippen molar-refractivity contribution in [2.75, 3.05) is 0 Å². The van der Waals surface area contributed by atoms with Gasteiger partial charge in [-0.1, -0.05) is 51.1 Å². The van der Waals surface area contributed by atoms with Gasteiger partial charge in [0.05, 0.1) is 18.5 Å². The lowest BCUT2D eigenvalue weighted by Crippen LogP contribution is -2.32. The number of carbonyl (C=O) groups is 1. The van der Waals surface area contributed by atoms with E-state index in [1.165, 1.54) is 5.56 Å². The second kappa shape index (κ2) is 5.53. The van der Waals surface area contributed by atoms with Crippen LogP contribution in [0.15, 0.2) is 30.3 Å². The molecule has 0 amide bonds. The first-order valence-electron chi connectivity index (χ1n) is 6.60. The number of hydroxylamine groups is 2. The van der Waals surface area contributed by atoms with Gasteiger partial charge in [0, 0.05) is 0 Å². The van der Waals surface area contributed by atoms with Gasteiger partial charge >= 0.3 is 5.97 Å². The van der Waals surface area contributed by atoms with Crippen molar-refractivity contribution in [3.63, 3.8) is 0 Å². The first-order chi connectivity index (χ1) is 8.58. The van der Waals surface area contributed by atoms with Crippen LogP contribution in [-0.2, 0) is 16.2 Å². The summed E-state index contributed by atoms with van der Waals surface area (Å²) < 4.78 is 0. The summed E-state index contributed by atoms with van der Waals surface area (Å²) in [5.41, 5.74) is 1.17. The zero-order valence-electron chi connectivity index (χ0n) is 11.3. The predicted octanol–water partition coefficient (Wildman–Crippen LogP) is 3.01. The average Bonchev–Trinajstić information content (AvgIpc) is 2.58. The van der Waals surface area contributed by atoms with Crippen LogP contribution in [0.5, 0.6) is 0 Å². The van der Waals surface area contributed by atoms with Crippen molar-refractivity contribution in [2.24, 2.45) is 11.8 Å². The van der Waals surface area contributed by atoms with Gasteiger partial charge in [0.1, 0.15) is 0 Å². The van der Waals surface area contributed by atoms with E-state index in [0.29, 0.717) is 12.5 Å². The molecule has 1 fully saturated rings. The maximum Gasteiger partial charge on any atom is 0.329 e. The highest BCUT2D eigenvalue weighted by molar-refractivity contribution is 5.74. The molecule has 3 nitrogen and oxygen atoms in total. The molecule has 1 saturated heterocycles. The lowest BCUT2D eigenvalue weighted by molar-refractivity contribution is -0.179. The van der Waals surface area contributed by atoms with Gasteiger partial charge in [-0.2, -0.15) is 0 Å². The van der Waals surface area contributed by atoms with E-state index in [0.717, 1.165) is 6.42 Å². The molecule has 0 bridgehead atoms. The van der Waals surface area contributed by atoms with Crippen LogP contribution >= 0.6 is 0 Å². The highest BCUT2D eigenvalue weighted by Crippen LogP contribution is 2.29. The van der Waals surface area contributed by atoms with Crippen LogP contribution in [0.1, 0.15) is 32.8 Å². The fourth-order valence-electron chi connectivity index (χ4n) is 2.39. The minimum atomic E-state index is -0.100. The summed E-state index contributed by atoms with van der Waals surface area (Å²) in [6, 6.07) is 10.3. The summed E-state index contributed by atoms with van der Waals surface area (Å²) in [7, 11) is 0. The van der Waals surface area contributed by atoms with Crippen molar-refractivity contribution in [3.05, 3.63) is 35.9 Å². The summed E-state index contributed by atoms with van der Waals surface area (Å²) in [6.45, 7) is 6.99. The van der Waals surface area contributed by atoms with Crippen LogP contribution in [0.3, 0.4) is 0 Å². The first kappa shape index (κ1) is 13.1.